The van der Waals surface area contributed by atoms with E-state index in [9.17, 15) is 4.79 Å². The van der Waals surface area contributed by atoms with Crippen molar-refractivity contribution in [2.24, 2.45) is 0 Å². The summed E-state index contributed by atoms with van der Waals surface area (Å²) in [5, 5.41) is 0. The molecule has 1 aliphatic heterocycles. The Hall–Kier alpha value is -0.810. The van der Waals surface area contributed by atoms with Crippen LogP contribution in [0, 0.1) is 0 Å². The molecule has 0 aromatic heterocycles. The van der Waals surface area contributed by atoms with Gasteiger partial charge in [0.1, 0.15) is 5.60 Å². The second-order valence-electron chi connectivity index (χ2n) is 4.69. The molecule has 0 aromatic rings. The third-order valence-corrected chi connectivity index (χ3v) is 1.94. The molecule has 5 nitrogen and oxygen atoms in total. The fourth-order valence-electron chi connectivity index (χ4n) is 1.32. The fourth-order valence-corrected chi connectivity index (χ4v) is 1.32. The molecular formula is C10H20N2O3. The van der Waals surface area contributed by atoms with Gasteiger partial charge in [-0.25, -0.2) is 10.2 Å². The van der Waals surface area contributed by atoms with Crippen molar-refractivity contribution in [3.63, 3.8) is 0 Å². The highest BCUT2D eigenvalue weighted by Crippen LogP contribution is 2.07. The van der Waals surface area contributed by atoms with Crippen molar-refractivity contribution in [1.29, 1.82) is 0 Å². The molecular weight excluding hydrogens is 196 g/mol. The van der Waals surface area contributed by atoms with Crippen molar-refractivity contribution in [3.05, 3.63) is 0 Å². The monoisotopic (exact) mass is 216 g/mol. The van der Waals surface area contributed by atoms with Gasteiger partial charge in [-0.3, -0.25) is 5.43 Å². The van der Waals surface area contributed by atoms with Gasteiger partial charge < -0.3 is 9.47 Å². The van der Waals surface area contributed by atoms with Crippen molar-refractivity contribution in [3.8, 4) is 0 Å². The average molecular weight is 216 g/mol. The number of nitrogens with one attached hydrogen (secondary N) is 2. The van der Waals surface area contributed by atoms with Gasteiger partial charge in [0, 0.05) is 12.6 Å². The van der Waals surface area contributed by atoms with Crippen molar-refractivity contribution in [1.82, 2.24) is 10.9 Å². The first-order valence-corrected chi connectivity index (χ1v) is 5.29. The number of carbonyl (C=O) groups excluding carboxylic acids is 1. The minimum absolute atomic E-state index is 0.186. The van der Waals surface area contributed by atoms with E-state index in [1.54, 1.807) is 0 Å². The van der Waals surface area contributed by atoms with Crippen molar-refractivity contribution in [2.45, 2.75) is 45.3 Å². The summed E-state index contributed by atoms with van der Waals surface area (Å²) in [4.78, 5) is 11.3. The van der Waals surface area contributed by atoms with Crippen LogP contribution in [0.4, 0.5) is 4.79 Å². The molecule has 2 N–H and O–H groups in total. The highest BCUT2D eigenvalue weighted by Gasteiger charge is 2.18. The molecule has 1 rings (SSSR count). The van der Waals surface area contributed by atoms with Gasteiger partial charge >= 0.3 is 6.09 Å². The van der Waals surface area contributed by atoms with Crippen LogP contribution in [0.5, 0.6) is 0 Å². The van der Waals surface area contributed by atoms with E-state index < -0.39 is 11.7 Å². The van der Waals surface area contributed by atoms with Crippen molar-refractivity contribution >= 4 is 6.09 Å². The van der Waals surface area contributed by atoms with Gasteiger partial charge in [-0.15, -0.1) is 0 Å². The maximum Gasteiger partial charge on any atom is 0.422 e. The molecule has 1 saturated heterocycles. The topological polar surface area (TPSA) is 59.6 Å². The minimum atomic E-state index is -0.463. The van der Waals surface area contributed by atoms with Gasteiger partial charge in [-0.2, -0.15) is 0 Å². The molecule has 5 heteroatoms. The highest BCUT2D eigenvalue weighted by molar-refractivity contribution is 5.67. The molecule has 1 atom stereocenters. The standard InChI is InChI=1S/C10H20N2O3/c1-10(2,3)15-9(13)12-11-8-5-4-6-14-7-8/h8,11H,4-7H2,1-3H3,(H,12,13)/t8-/m0/s1. The van der Waals surface area contributed by atoms with E-state index in [1.807, 2.05) is 20.8 Å². The quantitative estimate of drug-likeness (QED) is 0.681. The van der Waals surface area contributed by atoms with Crippen LogP contribution in [-0.4, -0.2) is 30.9 Å². The first-order chi connectivity index (χ1) is 6.97. The van der Waals surface area contributed by atoms with E-state index in [0.717, 1.165) is 19.4 Å². The summed E-state index contributed by atoms with van der Waals surface area (Å²) < 4.78 is 10.3. The summed E-state index contributed by atoms with van der Waals surface area (Å²) in [7, 11) is 0. The molecule has 1 fully saturated rings. The van der Waals surface area contributed by atoms with Crippen LogP contribution in [0.25, 0.3) is 0 Å². The Bertz CT molecular complexity index is 207. The maximum absolute atomic E-state index is 11.3. The zero-order valence-corrected chi connectivity index (χ0v) is 9.63. The third-order valence-electron chi connectivity index (χ3n) is 1.94. The molecule has 88 valence electrons. The number of rotatable bonds is 2. The number of hydrogen-bond donors (Lipinski definition) is 2. The molecule has 0 unspecified atom stereocenters. The van der Waals surface area contributed by atoms with Crippen LogP contribution in [0.3, 0.4) is 0 Å². The SMILES string of the molecule is CC(C)(C)OC(=O)NN[C@H]1CCCOC1. The van der Waals surface area contributed by atoms with Crippen LogP contribution in [-0.2, 0) is 9.47 Å². The van der Waals surface area contributed by atoms with Gasteiger partial charge in [0.2, 0.25) is 0 Å². The molecule has 1 amide bonds. The van der Waals surface area contributed by atoms with E-state index in [1.165, 1.54) is 0 Å². The Morgan fingerprint density at radius 3 is 2.73 bits per heavy atom. The molecule has 0 bridgehead atoms. The van der Waals surface area contributed by atoms with E-state index >= 15 is 0 Å². The summed E-state index contributed by atoms with van der Waals surface area (Å²) in [5.74, 6) is 0. The van der Waals surface area contributed by atoms with Gasteiger partial charge in [0.25, 0.3) is 0 Å². The maximum atomic E-state index is 11.3. The summed E-state index contributed by atoms with van der Waals surface area (Å²) in [5.41, 5.74) is 4.95. The molecule has 1 heterocycles. The van der Waals surface area contributed by atoms with Crippen molar-refractivity contribution in [2.75, 3.05) is 13.2 Å². The highest BCUT2D eigenvalue weighted by atomic mass is 16.6. The first-order valence-electron chi connectivity index (χ1n) is 5.29. The van der Waals surface area contributed by atoms with Crippen LogP contribution in [0.1, 0.15) is 33.6 Å². The normalized spacial score (nSPS) is 22.2. The Labute approximate surface area is 90.5 Å². The molecule has 0 aromatic carbocycles. The van der Waals surface area contributed by atoms with Crippen LogP contribution < -0.4 is 10.9 Å². The number of carbonyl (C=O) groups is 1. The lowest BCUT2D eigenvalue weighted by atomic mass is 10.1. The second-order valence-corrected chi connectivity index (χ2v) is 4.69. The zero-order valence-electron chi connectivity index (χ0n) is 9.63. The largest absolute Gasteiger partial charge is 0.443 e. The average Bonchev–Trinajstić information content (AvgIpc) is 2.14. The van der Waals surface area contributed by atoms with Crippen LogP contribution in [0.2, 0.25) is 0 Å². The van der Waals surface area contributed by atoms with Gasteiger partial charge in [-0.05, 0) is 33.6 Å². The lowest BCUT2D eigenvalue weighted by Gasteiger charge is -2.25. The Balaban J connectivity index is 2.15. The van der Waals surface area contributed by atoms with E-state index in [0.29, 0.717) is 6.61 Å². The Morgan fingerprint density at radius 1 is 1.47 bits per heavy atom. The second kappa shape index (κ2) is 5.32. The molecule has 0 spiro atoms. The predicted octanol–water partition coefficient (Wildman–Crippen LogP) is 1.19. The molecule has 1 aliphatic rings. The van der Waals surface area contributed by atoms with Gasteiger partial charge in [0.15, 0.2) is 0 Å². The molecule has 0 saturated carbocycles. The fraction of sp³-hybridized carbons (Fsp3) is 0.900. The minimum Gasteiger partial charge on any atom is -0.443 e. The third kappa shape index (κ3) is 5.59. The van der Waals surface area contributed by atoms with E-state index in [-0.39, 0.29) is 6.04 Å². The molecule has 0 radical (unpaired) electrons. The van der Waals surface area contributed by atoms with Gasteiger partial charge in [0.05, 0.1) is 6.61 Å². The number of hydrazine groups is 1. The number of amides is 1. The van der Waals surface area contributed by atoms with Crippen molar-refractivity contribution < 1.29 is 14.3 Å². The number of ether oxygens (including phenoxy) is 2. The summed E-state index contributed by atoms with van der Waals surface area (Å²) in [6.07, 6.45) is 1.58. The lowest BCUT2D eigenvalue weighted by molar-refractivity contribution is 0.0392. The molecule has 0 aliphatic carbocycles. The van der Waals surface area contributed by atoms with Crippen LogP contribution in [0.15, 0.2) is 0 Å². The number of hydrogen-bond acceptors (Lipinski definition) is 4. The van der Waals surface area contributed by atoms with Crippen LogP contribution >= 0.6 is 0 Å². The lowest BCUT2D eigenvalue weighted by Crippen LogP contribution is -2.49. The summed E-state index contributed by atoms with van der Waals surface area (Å²) >= 11 is 0. The van der Waals surface area contributed by atoms with Gasteiger partial charge in [-0.1, -0.05) is 0 Å². The Morgan fingerprint density at radius 2 is 2.20 bits per heavy atom. The summed E-state index contributed by atoms with van der Waals surface area (Å²) in [6.45, 7) is 6.93. The molecule has 15 heavy (non-hydrogen) atoms. The first kappa shape index (κ1) is 12.3. The predicted molar refractivity (Wildman–Crippen MR) is 56.3 cm³/mol. The van der Waals surface area contributed by atoms with E-state index in [4.69, 9.17) is 9.47 Å². The Kier molecular flexibility index (Phi) is 4.35. The zero-order chi connectivity index (χ0) is 11.3. The van der Waals surface area contributed by atoms with E-state index in [2.05, 4.69) is 10.9 Å². The smallest absolute Gasteiger partial charge is 0.422 e. The summed E-state index contributed by atoms with van der Waals surface area (Å²) in [6, 6.07) is 0.186.